The van der Waals surface area contributed by atoms with Gasteiger partial charge in [0.15, 0.2) is 0 Å². The normalized spacial score (nSPS) is 15.6. The number of rotatable bonds is 12. The van der Waals surface area contributed by atoms with E-state index >= 15 is 0 Å². The number of aromatic hydroxyl groups is 1. The van der Waals surface area contributed by atoms with Crippen molar-refractivity contribution < 1.29 is 34.5 Å². The fraction of sp³-hybridized carbons (Fsp3) is 0.545. The Labute approximate surface area is 192 Å². The predicted molar refractivity (Wildman–Crippen MR) is 120 cm³/mol. The van der Waals surface area contributed by atoms with Crippen molar-refractivity contribution in [3.63, 3.8) is 0 Å². The lowest BCUT2D eigenvalue weighted by Crippen LogP contribution is -2.60. The molecule has 0 spiro atoms. The van der Waals surface area contributed by atoms with Gasteiger partial charge in [-0.1, -0.05) is 26.0 Å². The van der Waals surface area contributed by atoms with E-state index in [2.05, 4.69) is 16.0 Å². The maximum Gasteiger partial charge on any atom is 0.325 e. The number of hydrogen-bond donors (Lipinski definition) is 7. The average molecular weight is 467 g/mol. The monoisotopic (exact) mass is 466 g/mol. The number of aliphatic hydroxyl groups is 1. The van der Waals surface area contributed by atoms with Gasteiger partial charge in [0.1, 0.15) is 23.9 Å². The SMILES string of the molecule is CC(C)CC(NC(=O)C(NC(=O)C(N)Cc1ccc(O)cc1)C(C)O)C(=O)NC(C)C(=O)O. The lowest BCUT2D eigenvalue weighted by Gasteiger charge is -2.26. The third kappa shape index (κ3) is 9.46. The summed E-state index contributed by atoms with van der Waals surface area (Å²) in [5.74, 6) is -3.35. The highest BCUT2D eigenvalue weighted by atomic mass is 16.4. The molecule has 184 valence electrons. The van der Waals surface area contributed by atoms with Crippen LogP contribution in [-0.4, -0.2) is 69.3 Å². The van der Waals surface area contributed by atoms with Crippen molar-refractivity contribution in [1.29, 1.82) is 0 Å². The van der Waals surface area contributed by atoms with E-state index in [0.29, 0.717) is 5.56 Å². The lowest BCUT2D eigenvalue weighted by atomic mass is 10.0. The Morgan fingerprint density at radius 2 is 1.48 bits per heavy atom. The van der Waals surface area contributed by atoms with Crippen LogP contribution in [0.15, 0.2) is 24.3 Å². The molecule has 0 radical (unpaired) electrons. The van der Waals surface area contributed by atoms with Crippen LogP contribution in [0.3, 0.4) is 0 Å². The van der Waals surface area contributed by atoms with Crippen LogP contribution < -0.4 is 21.7 Å². The summed E-state index contributed by atoms with van der Waals surface area (Å²) in [6, 6.07) is 1.48. The maximum absolute atomic E-state index is 12.8. The van der Waals surface area contributed by atoms with Crippen molar-refractivity contribution in [3.05, 3.63) is 29.8 Å². The standard InChI is InChI=1S/C22H34N4O7/c1-11(2)9-17(20(30)24-12(3)22(32)33)25-21(31)18(13(4)27)26-19(29)16(23)10-14-5-7-15(28)8-6-14/h5-8,11-13,16-18,27-28H,9-10,23H2,1-4H3,(H,24,30)(H,25,31)(H,26,29)(H,32,33). The molecule has 0 aliphatic carbocycles. The summed E-state index contributed by atoms with van der Waals surface area (Å²) in [6.07, 6.45) is -0.952. The van der Waals surface area contributed by atoms with E-state index in [9.17, 15) is 29.4 Å². The van der Waals surface area contributed by atoms with E-state index in [0.717, 1.165) is 0 Å². The third-order valence-electron chi connectivity index (χ3n) is 4.86. The molecule has 8 N–H and O–H groups in total. The molecule has 1 rings (SSSR count). The van der Waals surface area contributed by atoms with Gasteiger partial charge in [-0.15, -0.1) is 0 Å². The first kappa shape index (κ1) is 27.9. The van der Waals surface area contributed by atoms with Gasteiger partial charge >= 0.3 is 5.97 Å². The molecule has 0 aliphatic rings. The minimum absolute atomic E-state index is 0.0143. The van der Waals surface area contributed by atoms with Crippen LogP contribution in [0, 0.1) is 5.92 Å². The number of carboxylic acids is 1. The average Bonchev–Trinajstić information content (AvgIpc) is 2.71. The van der Waals surface area contributed by atoms with Gasteiger partial charge in [-0.25, -0.2) is 0 Å². The molecule has 5 unspecified atom stereocenters. The third-order valence-corrected chi connectivity index (χ3v) is 4.86. The highest BCUT2D eigenvalue weighted by Crippen LogP contribution is 2.11. The number of carbonyl (C=O) groups is 4. The number of carboxylic acid groups (broad SMARTS) is 1. The van der Waals surface area contributed by atoms with Crippen LogP contribution in [0.1, 0.15) is 39.7 Å². The molecule has 0 saturated carbocycles. The van der Waals surface area contributed by atoms with E-state index in [1.54, 1.807) is 12.1 Å². The molecule has 11 heteroatoms. The number of nitrogens with one attached hydrogen (secondary N) is 3. The molecule has 33 heavy (non-hydrogen) atoms. The van der Waals surface area contributed by atoms with Crippen LogP contribution in [0.25, 0.3) is 0 Å². The molecule has 1 aromatic carbocycles. The number of phenolic OH excluding ortho intramolecular Hbond substituents is 1. The van der Waals surface area contributed by atoms with Crippen molar-refractivity contribution in [2.24, 2.45) is 11.7 Å². The molecule has 0 aromatic heterocycles. The summed E-state index contributed by atoms with van der Waals surface area (Å²) in [4.78, 5) is 48.9. The zero-order valence-corrected chi connectivity index (χ0v) is 19.2. The predicted octanol–water partition coefficient (Wildman–Crippen LogP) is -0.752. The zero-order valence-electron chi connectivity index (χ0n) is 19.2. The smallest absolute Gasteiger partial charge is 0.325 e. The Hall–Kier alpha value is -3.18. The van der Waals surface area contributed by atoms with Crippen molar-refractivity contribution in [2.75, 3.05) is 0 Å². The second kappa shape index (κ2) is 12.8. The molecular weight excluding hydrogens is 432 g/mol. The van der Waals surface area contributed by atoms with E-state index < -0.39 is 54.0 Å². The molecular formula is C22H34N4O7. The second-order valence-electron chi connectivity index (χ2n) is 8.46. The minimum Gasteiger partial charge on any atom is -0.508 e. The Morgan fingerprint density at radius 3 is 1.97 bits per heavy atom. The maximum atomic E-state index is 12.8. The first-order valence-corrected chi connectivity index (χ1v) is 10.7. The Morgan fingerprint density at radius 1 is 0.909 bits per heavy atom. The van der Waals surface area contributed by atoms with Crippen molar-refractivity contribution in [1.82, 2.24) is 16.0 Å². The first-order valence-electron chi connectivity index (χ1n) is 10.7. The second-order valence-corrected chi connectivity index (χ2v) is 8.46. The van der Waals surface area contributed by atoms with Crippen LogP contribution >= 0.6 is 0 Å². The van der Waals surface area contributed by atoms with Crippen molar-refractivity contribution in [2.45, 2.75) is 70.8 Å². The van der Waals surface area contributed by atoms with Gasteiger partial charge in [-0.3, -0.25) is 19.2 Å². The molecule has 3 amide bonds. The Balaban J connectivity index is 2.86. The molecule has 0 fully saturated rings. The summed E-state index contributed by atoms with van der Waals surface area (Å²) in [6.45, 7) is 6.25. The van der Waals surface area contributed by atoms with E-state index in [4.69, 9.17) is 10.8 Å². The highest BCUT2D eigenvalue weighted by molar-refractivity contribution is 5.94. The largest absolute Gasteiger partial charge is 0.508 e. The lowest BCUT2D eigenvalue weighted by molar-refractivity contribution is -0.142. The van der Waals surface area contributed by atoms with Gasteiger partial charge in [-0.05, 0) is 50.3 Å². The van der Waals surface area contributed by atoms with Crippen molar-refractivity contribution >= 4 is 23.7 Å². The number of amides is 3. The Bertz CT molecular complexity index is 827. The number of carbonyl (C=O) groups excluding carboxylic acids is 3. The van der Waals surface area contributed by atoms with Crippen LogP contribution in [0.2, 0.25) is 0 Å². The zero-order chi connectivity index (χ0) is 25.3. The first-order chi connectivity index (χ1) is 15.3. The van der Waals surface area contributed by atoms with E-state index in [1.165, 1.54) is 26.0 Å². The quantitative estimate of drug-likeness (QED) is 0.209. The molecule has 0 aliphatic heterocycles. The fourth-order valence-electron chi connectivity index (χ4n) is 2.98. The summed E-state index contributed by atoms with van der Waals surface area (Å²) in [5, 5.41) is 35.6. The van der Waals surface area contributed by atoms with E-state index in [-0.39, 0.29) is 24.5 Å². The van der Waals surface area contributed by atoms with Crippen LogP contribution in [0.5, 0.6) is 5.75 Å². The Kier molecular flexibility index (Phi) is 10.8. The number of aliphatic hydroxyl groups excluding tert-OH is 1. The van der Waals surface area contributed by atoms with Gasteiger partial charge in [-0.2, -0.15) is 0 Å². The number of hydrogen-bond acceptors (Lipinski definition) is 7. The van der Waals surface area contributed by atoms with E-state index in [1.807, 2.05) is 13.8 Å². The molecule has 11 nitrogen and oxygen atoms in total. The van der Waals surface area contributed by atoms with Crippen LogP contribution in [-0.2, 0) is 25.6 Å². The van der Waals surface area contributed by atoms with Crippen molar-refractivity contribution in [3.8, 4) is 5.75 Å². The number of benzene rings is 1. The number of aliphatic carboxylic acids is 1. The molecule has 0 heterocycles. The van der Waals surface area contributed by atoms with Gasteiger partial charge in [0.05, 0.1) is 12.1 Å². The summed E-state index contributed by atoms with van der Waals surface area (Å²) in [5.41, 5.74) is 6.62. The summed E-state index contributed by atoms with van der Waals surface area (Å²) in [7, 11) is 0. The minimum atomic E-state index is -1.39. The molecule has 5 atom stereocenters. The van der Waals surface area contributed by atoms with Gasteiger partial charge in [0.25, 0.3) is 0 Å². The summed E-state index contributed by atoms with van der Waals surface area (Å²) >= 11 is 0. The summed E-state index contributed by atoms with van der Waals surface area (Å²) < 4.78 is 0. The molecule has 0 saturated heterocycles. The topological polar surface area (TPSA) is 191 Å². The molecule has 0 bridgehead atoms. The van der Waals surface area contributed by atoms with Gasteiger partial charge in [0.2, 0.25) is 17.7 Å². The van der Waals surface area contributed by atoms with Crippen LogP contribution in [0.4, 0.5) is 0 Å². The molecule has 1 aromatic rings. The number of phenols is 1. The van der Waals surface area contributed by atoms with Gasteiger partial charge < -0.3 is 37.0 Å². The van der Waals surface area contributed by atoms with Gasteiger partial charge in [0, 0.05) is 0 Å². The highest BCUT2D eigenvalue weighted by Gasteiger charge is 2.32. The fourth-order valence-corrected chi connectivity index (χ4v) is 2.98. The number of nitrogens with two attached hydrogens (primary N) is 1.